The van der Waals surface area contributed by atoms with Crippen LogP contribution in [0.25, 0.3) is 21.8 Å². The molecule has 0 aliphatic heterocycles. The van der Waals surface area contributed by atoms with Crippen molar-refractivity contribution in [2.45, 2.75) is 126 Å². The van der Waals surface area contributed by atoms with Crippen LogP contribution in [-0.2, 0) is 70.5 Å². The van der Waals surface area contributed by atoms with Gasteiger partial charge in [-0.3, -0.25) is 33.6 Å². The molecule has 7 aromatic rings. The van der Waals surface area contributed by atoms with Gasteiger partial charge in [0.1, 0.15) is 36.3 Å². The Morgan fingerprint density at radius 1 is 0.424 bits per heavy atom. The number of para-hydroxylation sites is 2. The van der Waals surface area contributed by atoms with E-state index in [1.165, 1.54) is 13.8 Å². The van der Waals surface area contributed by atoms with Crippen LogP contribution in [0.15, 0.2) is 152 Å². The number of fused-ring (bicyclic) bond motifs is 2. The summed E-state index contributed by atoms with van der Waals surface area (Å²) in [6, 6.07) is 29.8. The standard InChI is InChI=1S/C63H75N11O11/c1-37(75)54(62(83)72-51(32-41-22-10-5-11-23-41)61(82)74-55(38(2)76)63(84)85)73-57(78)49(28-16-17-29-64)68-59(80)52(33-42-35-66-47-26-14-12-24-44(42)47)71-60(81)53(34-43-36-67-48-27-15-13-25-45(43)48)70-58(79)50(31-40-20-8-4-9-21-40)69-56(77)46(65)30-39-18-6-3-7-19-39/h3-15,18-27,35-38,46,49-55,66-67,75-76H,16-17,28-34,64-65H2,1-2H3,(H,68,80)(H,69,77)(H,70,79)(H,71,81)(H,72,83)(H,73,78)(H,74,82)(H,84,85)/t37-,38-,46+,49+,50+,51+,52+,53+,54+,55+/m1/s1. The smallest absolute Gasteiger partial charge is 0.328 e. The zero-order chi connectivity index (χ0) is 61.0. The van der Waals surface area contributed by atoms with Crippen molar-refractivity contribution in [3.8, 4) is 0 Å². The number of rotatable bonds is 31. The van der Waals surface area contributed by atoms with Gasteiger partial charge in [-0.05, 0) is 86.0 Å². The quantitative estimate of drug-likeness (QED) is 0.0277. The van der Waals surface area contributed by atoms with E-state index >= 15 is 9.59 Å². The number of unbranched alkanes of at least 4 members (excludes halogenated alkanes) is 1. The van der Waals surface area contributed by atoms with Gasteiger partial charge in [0.2, 0.25) is 41.4 Å². The molecule has 7 amide bonds. The van der Waals surface area contributed by atoms with E-state index < -0.39 is 108 Å². The Kier molecular flexibility index (Phi) is 23.0. The zero-order valence-electron chi connectivity index (χ0n) is 47.3. The van der Waals surface area contributed by atoms with Gasteiger partial charge in [0, 0.05) is 59.9 Å². The third-order valence-electron chi connectivity index (χ3n) is 14.6. The first kappa shape index (κ1) is 63.4. The zero-order valence-corrected chi connectivity index (χ0v) is 47.3. The second kappa shape index (κ2) is 30.9. The molecular formula is C63H75N11O11. The maximum Gasteiger partial charge on any atom is 0.328 e. The van der Waals surface area contributed by atoms with Gasteiger partial charge in [-0.15, -0.1) is 0 Å². The summed E-state index contributed by atoms with van der Waals surface area (Å²) in [7, 11) is 0. The molecule has 7 rings (SSSR count). The number of hydrogen-bond donors (Lipinski definition) is 14. The van der Waals surface area contributed by atoms with Gasteiger partial charge in [-0.1, -0.05) is 127 Å². The number of aliphatic hydroxyl groups excluding tert-OH is 2. The van der Waals surface area contributed by atoms with Crippen molar-refractivity contribution in [3.05, 3.63) is 180 Å². The minimum absolute atomic E-state index is 0.0233. The third kappa shape index (κ3) is 18.1. The molecule has 22 nitrogen and oxygen atoms in total. The number of carbonyl (C=O) groups excluding carboxylic acids is 7. The van der Waals surface area contributed by atoms with Crippen LogP contribution < -0.4 is 48.7 Å². The topological polar surface area (TPSA) is 365 Å². The number of benzene rings is 5. The largest absolute Gasteiger partial charge is 0.480 e. The van der Waals surface area contributed by atoms with E-state index in [9.17, 15) is 44.1 Å². The highest BCUT2D eigenvalue weighted by atomic mass is 16.4. The van der Waals surface area contributed by atoms with E-state index in [-0.39, 0.29) is 45.1 Å². The fourth-order valence-corrected chi connectivity index (χ4v) is 9.96. The minimum atomic E-state index is -1.75. The number of aliphatic carboxylic acids is 1. The summed E-state index contributed by atoms with van der Waals surface area (Å²) in [5.41, 5.74) is 17.1. The van der Waals surface area contributed by atoms with Gasteiger partial charge < -0.3 is 74.0 Å². The summed E-state index contributed by atoms with van der Waals surface area (Å²) in [5, 5.41) is 51.1. The van der Waals surface area contributed by atoms with Crippen LogP contribution in [0.1, 0.15) is 60.9 Å². The number of aromatic amines is 2. The molecule has 0 fully saturated rings. The van der Waals surface area contributed by atoms with Crippen molar-refractivity contribution in [1.29, 1.82) is 0 Å². The van der Waals surface area contributed by atoms with Crippen molar-refractivity contribution < 1.29 is 53.7 Å². The molecule has 5 aromatic carbocycles. The number of amides is 7. The Morgan fingerprint density at radius 2 is 0.776 bits per heavy atom. The number of carboxylic acid groups (broad SMARTS) is 1. The molecule has 22 heteroatoms. The number of aromatic nitrogens is 2. The Bertz CT molecular complexity index is 3370. The first-order valence-electron chi connectivity index (χ1n) is 28.3. The second-order valence-corrected chi connectivity index (χ2v) is 21.2. The van der Waals surface area contributed by atoms with Gasteiger partial charge in [-0.25, -0.2) is 4.79 Å². The van der Waals surface area contributed by atoms with Crippen molar-refractivity contribution >= 4 is 69.1 Å². The van der Waals surface area contributed by atoms with Crippen LogP contribution in [0, 0.1) is 0 Å². The molecule has 10 atom stereocenters. The van der Waals surface area contributed by atoms with Gasteiger partial charge in [0.25, 0.3) is 0 Å². The number of H-pyrrole nitrogens is 2. The van der Waals surface area contributed by atoms with Crippen molar-refractivity contribution in [3.63, 3.8) is 0 Å². The summed E-state index contributed by atoms with van der Waals surface area (Å²) in [6.07, 6.45) is 0.780. The maximum absolute atomic E-state index is 15.2. The lowest BCUT2D eigenvalue weighted by molar-refractivity contribution is -0.145. The fourth-order valence-electron chi connectivity index (χ4n) is 9.96. The lowest BCUT2D eigenvalue weighted by atomic mass is 9.99. The number of hydrogen-bond acceptors (Lipinski definition) is 12. The number of carboxylic acids is 1. The monoisotopic (exact) mass is 1160 g/mol. The van der Waals surface area contributed by atoms with E-state index in [2.05, 4.69) is 47.2 Å². The predicted molar refractivity (Wildman–Crippen MR) is 320 cm³/mol. The van der Waals surface area contributed by atoms with Crippen LogP contribution >= 0.6 is 0 Å². The van der Waals surface area contributed by atoms with E-state index in [0.717, 1.165) is 27.4 Å². The average Bonchev–Trinajstić information content (AvgIpc) is 4.36. The van der Waals surface area contributed by atoms with Crippen LogP contribution in [0.3, 0.4) is 0 Å². The molecule has 0 aliphatic rings. The summed E-state index contributed by atoms with van der Waals surface area (Å²) < 4.78 is 0. The van der Waals surface area contributed by atoms with E-state index in [1.807, 2.05) is 84.9 Å². The first-order chi connectivity index (χ1) is 40.9. The normalized spacial score (nSPS) is 14.8. The van der Waals surface area contributed by atoms with Gasteiger partial charge in [-0.2, -0.15) is 0 Å². The number of nitrogens with two attached hydrogens (primary N) is 2. The van der Waals surface area contributed by atoms with E-state index in [4.69, 9.17) is 11.5 Å². The lowest BCUT2D eigenvalue weighted by Crippen LogP contribution is -2.62. The molecule has 0 aliphatic carbocycles. The summed E-state index contributed by atoms with van der Waals surface area (Å²) >= 11 is 0. The maximum atomic E-state index is 15.2. The molecule has 0 bridgehead atoms. The highest BCUT2D eigenvalue weighted by Gasteiger charge is 2.37. The molecule has 0 radical (unpaired) electrons. The predicted octanol–water partition coefficient (Wildman–Crippen LogP) is 1.86. The van der Waals surface area contributed by atoms with Crippen LogP contribution in [0.4, 0.5) is 0 Å². The summed E-state index contributed by atoms with van der Waals surface area (Å²) in [6.45, 7) is 2.62. The van der Waals surface area contributed by atoms with E-state index in [0.29, 0.717) is 35.1 Å². The van der Waals surface area contributed by atoms with E-state index in [1.54, 1.807) is 67.0 Å². The number of carbonyl (C=O) groups is 8. The Labute approximate surface area is 491 Å². The van der Waals surface area contributed by atoms with Crippen molar-refractivity contribution in [1.82, 2.24) is 47.2 Å². The second-order valence-electron chi connectivity index (χ2n) is 21.2. The molecule has 0 saturated carbocycles. The molecule has 2 heterocycles. The summed E-state index contributed by atoms with van der Waals surface area (Å²) in [5.74, 6) is -7.42. The van der Waals surface area contributed by atoms with Crippen LogP contribution in [0.2, 0.25) is 0 Å². The van der Waals surface area contributed by atoms with Gasteiger partial charge in [0.15, 0.2) is 6.04 Å². The minimum Gasteiger partial charge on any atom is -0.480 e. The van der Waals surface area contributed by atoms with Crippen LogP contribution in [0.5, 0.6) is 0 Å². The fraction of sp³-hybridized carbons (Fsp3) is 0.333. The molecule has 16 N–H and O–H groups in total. The average molecular weight is 1160 g/mol. The number of aliphatic hydroxyl groups is 2. The Hall–Kier alpha value is -9.22. The first-order valence-corrected chi connectivity index (χ1v) is 28.3. The molecular weight excluding hydrogens is 1090 g/mol. The highest BCUT2D eigenvalue weighted by molar-refractivity contribution is 5.99. The van der Waals surface area contributed by atoms with Crippen molar-refractivity contribution in [2.24, 2.45) is 11.5 Å². The molecule has 85 heavy (non-hydrogen) atoms. The Balaban J connectivity index is 1.17. The molecule has 2 aromatic heterocycles. The number of nitrogens with one attached hydrogen (secondary N) is 9. The SMILES string of the molecule is C[C@@H](O)[C@H](NC(=O)[C@H](Cc1ccccc1)NC(=O)[C@@H](NC(=O)[C@H](CCCCN)NC(=O)[C@H](Cc1c[nH]c2ccccc12)NC(=O)[C@H](Cc1c[nH]c2ccccc12)NC(=O)[C@H](Cc1ccccc1)NC(=O)[C@@H](N)Cc1ccccc1)[C@@H](C)O)C(=O)O. The molecule has 0 unspecified atom stereocenters. The highest BCUT2D eigenvalue weighted by Crippen LogP contribution is 2.22. The van der Waals surface area contributed by atoms with Gasteiger partial charge >= 0.3 is 5.97 Å². The summed E-state index contributed by atoms with van der Waals surface area (Å²) in [4.78, 5) is 120. The van der Waals surface area contributed by atoms with Crippen molar-refractivity contribution in [2.75, 3.05) is 6.54 Å². The lowest BCUT2D eigenvalue weighted by Gasteiger charge is -2.29. The van der Waals surface area contributed by atoms with Gasteiger partial charge in [0.05, 0.1) is 18.2 Å². The molecule has 0 spiro atoms. The van der Waals surface area contributed by atoms with Crippen LogP contribution in [-0.4, -0.2) is 140 Å². The third-order valence-corrected chi connectivity index (χ3v) is 14.6. The molecule has 448 valence electrons. The molecule has 0 saturated heterocycles. The Morgan fingerprint density at radius 3 is 1.21 bits per heavy atom.